The lowest BCUT2D eigenvalue weighted by molar-refractivity contribution is 0.0263. The summed E-state index contributed by atoms with van der Waals surface area (Å²) in [5, 5.41) is 3.42. The van der Waals surface area contributed by atoms with E-state index >= 15 is 0 Å². The lowest BCUT2D eigenvalue weighted by atomic mass is 10.1. The minimum atomic E-state index is 0.212. The molecule has 0 aromatic heterocycles. The smallest absolute Gasteiger partial charge is 0.193 e. The number of methoxy groups -OCH3 is 1. The Kier molecular flexibility index (Phi) is 8.10. The summed E-state index contributed by atoms with van der Waals surface area (Å²) in [6.45, 7) is 5.58. The molecule has 142 valence electrons. The van der Waals surface area contributed by atoms with Crippen LogP contribution in [0.25, 0.3) is 0 Å². The van der Waals surface area contributed by atoms with Crippen LogP contribution in [0.4, 0.5) is 0 Å². The molecular weight excluding hydrogens is 330 g/mol. The molecule has 1 aliphatic rings. The maximum Gasteiger partial charge on any atom is 0.193 e. The van der Waals surface area contributed by atoms with Gasteiger partial charge in [-0.25, -0.2) is 0 Å². The van der Waals surface area contributed by atoms with Crippen molar-refractivity contribution in [1.29, 1.82) is 0 Å². The van der Waals surface area contributed by atoms with E-state index in [1.807, 2.05) is 32.2 Å². The Morgan fingerprint density at radius 1 is 1.35 bits per heavy atom. The molecule has 1 aromatic carbocycles. The summed E-state index contributed by atoms with van der Waals surface area (Å²) in [4.78, 5) is 6.68. The fourth-order valence-corrected chi connectivity index (χ4v) is 3.05. The van der Waals surface area contributed by atoms with Crippen LogP contribution in [0.15, 0.2) is 23.2 Å². The lowest BCUT2D eigenvalue weighted by Crippen LogP contribution is -2.46. The Bertz CT molecular complexity index is 632. The maximum absolute atomic E-state index is 5.71. The van der Waals surface area contributed by atoms with E-state index in [9.17, 15) is 0 Å². The highest BCUT2D eigenvalue weighted by Gasteiger charge is 2.21. The van der Waals surface area contributed by atoms with Crippen LogP contribution in [-0.2, 0) is 11.3 Å². The number of ether oxygens (including phenoxy) is 3. The molecule has 1 aromatic rings. The second-order valence-electron chi connectivity index (χ2n) is 6.02. The Labute approximate surface area is 156 Å². The molecule has 0 atom stereocenters. The van der Waals surface area contributed by atoms with Gasteiger partial charge >= 0.3 is 0 Å². The summed E-state index contributed by atoms with van der Waals surface area (Å²) in [5.41, 5.74) is 1.07. The van der Waals surface area contributed by atoms with E-state index in [1.165, 1.54) is 0 Å². The second-order valence-corrected chi connectivity index (χ2v) is 6.02. The summed E-state index contributed by atoms with van der Waals surface area (Å²) < 4.78 is 16.6. The molecular formula is C20H29N3O3. The summed E-state index contributed by atoms with van der Waals surface area (Å²) in [7, 11) is 3.43. The highest BCUT2D eigenvalue weighted by molar-refractivity contribution is 5.80. The quantitative estimate of drug-likeness (QED) is 0.460. The molecule has 1 fully saturated rings. The van der Waals surface area contributed by atoms with Crippen LogP contribution in [0.1, 0.15) is 25.3 Å². The van der Waals surface area contributed by atoms with Crippen molar-refractivity contribution in [2.24, 2.45) is 4.99 Å². The van der Waals surface area contributed by atoms with Gasteiger partial charge in [0.2, 0.25) is 0 Å². The predicted molar refractivity (Wildman–Crippen MR) is 104 cm³/mol. The zero-order valence-corrected chi connectivity index (χ0v) is 16.0. The van der Waals surface area contributed by atoms with Gasteiger partial charge in [0.1, 0.15) is 6.61 Å². The number of benzene rings is 1. The Morgan fingerprint density at radius 2 is 2.12 bits per heavy atom. The van der Waals surface area contributed by atoms with Gasteiger partial charge in [0.05, 0.1) is 13.2 Å². The van der Waals surface area contributed by atoms with Crippen LogP contribution >= 0.6 is 0 Å². The standard InChI is InChI=1S/C20H29N3O3/c1-5-13-26-19-14-16(7-8-18(19)24-4)15-22-20(21-3)23-11-9-17(10-12-23)25-6-2/h1,7-8,14,17H,6,9-13,15H2,2-4H3,(H,21,22). The van der Waals surface area contributed by atoms with Crippen LogP contribution in [0, 0.1) is 12.3 Å². The van der Waals surface area contributed by atoms with E-state index in [0.717, 1.165) is 44.1 Å². The first-order chi connectivity index (χ1) is 12.7. The molecule has 1 saturated heterocycles. The first-order valence-corrected chi connectivity index (χ1v) is 9.02. The van der Waals surface area contributed by atoms with Crippen molar-refractivity contribution in [3.63, 3.8) is 0 Å². The number of nitrogens with zero attached hydrogens (tertiary/aromatic N) is 2. The van der Waals surface area contributed by atoms with Gasteiger partial charge in [-0.1, -0.05) is 12.0 Å². The first-order valence-electron chi connectivity index (χ1n) is 9.02. The van der Waals surface area contributed by atoms with Crippen molar-refractivity contribution in [1.82, 2.24) is 10.2 Å². The lowest BCUT2D eigenvalue weighted by Gasteiger charge is -2.34. The van der Waals surface area contributed by atoms with E-state index in [-0.39, 0.29) is 6.61 Å². The molecule has 2 rings (SSSR count). The molecule has 1 heterocycles. The summed E-state index contributed by atoms with van der Waals surface area (Å²) >= 11 is 0. The monoisotopic (exact) mass is 359 g/mol. The molecule has 0 bridgehead atoms. The Morgan fingerprint density at radius 3 is 2.73 bits per heavy atom. The van der Waals surface area contributed by atoms with Gasteiger partial charge < -0.3 is 24.4 Å². The SMILES string of the molecule is C#CCOc1cc(CNC(=NC)N2CCC(OCC)CC2)ccc1OC. The van der Waals surface area contributed by atoms with Gasteiger partial charge in [0.25, 0.3) is 0 Å². The maximum atomic E-state index is 5.71. The molecule has 26 heavy (non-hydrogen) atoms. The van der Waals surface area contributed by atoms with Crippen molar-refractivity contribution in [2.45, 2.75) is 32.4 Å². The normalized spacial score (nSPS) is 15.5. The zero-order valence-electron chi connectivity index (χ0n) is 16.0. The number of rotatable bonds is 7. The van der Waals surface area contributed by atoms with E-state index in [4.69, 9.17) is 20.6 Å². The molecule has 6 nitrogen and oxygen atoms in total. The third-order valence-electron chi connectivity index (χ3n) is 4.35. The number of piperidine rings is 1. The minimum absolute atomic E-state index is 0.212. The summed E-state index contributed by atoms with van der Waals surface area (Å²) in [6, 6.07) is 5.83. The molecule has 0 radical (unpaired) electrons. The highest BCUT2D eigenvalue weighted by atomic mass is 16.5. The fourth-order valence-electron chi connectivity index (χ4n) is 3.05. The molecule has 0 spiro atoms. The van der Waals surface area contributed by atoms with Gasteiger partial charge in [-0.05, 0) is 37.5 Å². The molecule has 0 amide bonds. The van der Waals surface area contributed by atoms with Gasteiger partial charge in [-0.3, -0.25) is 4.99 Å². The third-order valence-corrected chi connectivity index (χ3v) is 4.35. The number of hydrogen-bond acceptors (Lipinski definition) is 4. The number of nitrogens with one attached hydrogen (secondary N) is 1. The largest absolute Gasteiger partial charge is 0.493 e. The van der Waals surface area contributed by atoms with Crippen molar-refractivity contribution in [3.05, 3.63) is 23.8 Å². The fraction of sp³-hybridized carbons (Fsp3) is 0.550. The van der Waals surface area contributed by atoms with Crippen molar-refractivity contribution in [2.75, 3.05) is 40.5 Å². The van der Waals surface area contributed by atoms with E-state index < -0.39 is 0 Å². The second kappa shape index (κ2) is 10.6. The number of terminal acetylenes is 1. The van der Waals surface area contributed by atoms with Gasteiger partial charge in [-0.15, -0.1) is 6.42 Å². The Balaban J connectivity index is 1.93. The number of hydrogen-bond donors (Lipinski definition) is 1. The summed E-state index contributed by atoms with van der Waals surface area (Å²) in [6.07, 6.45) is 7.70. The average molecular weight is 359 g/mol. The molecule has 6 heteroatoms. The molecule has 0 saturated carbocycles. The molecule has 0 unspecified atom stereocenters. The van der Waals surface area contributed by atoms with Crippen molar-refractivity contribution in [3.8, 4) is 23.8 Å². The first kappa shape index (κ1) is 19.9. The number of aliphatic imine (C=N–C) groups is 1. The van der Waals surface area contributed by atoms with Crippen LogP contribution in [-0.4, -0.2) is 57.4 Å². The topological polar surface area (TPSA) is 55.3 Å². The molecule has 0 aliphatic carbocycles. The average Bonchev–Trinajstić information content (AvgIpc) is 2.68. The highest BCUT2D eigenvalue weighted by Crippen LogP contribution is 2.28. The van der Waals surface area contributed by atoms with Crippen molar-refractivity contribution >= 4 is 5.96 Å². The van der Waals surface area contributed by atoms with Crippen molar-refractivity contribution < 1.29 is 14.2 Å². The van der Waals surface area contributed by atoms with Gasteiger partial charge in [0, 0.05) is 33.3 Å². The van der Waals surface area contributed by atoms with Crippen LogP contribution in [0.2, 0.25) is 0 Å². The molecule has 1 aliphatic heterocycles. The van der Waals surface area contributed by atoms with Gasteiger partial charge in [0.15, 0.2) is 17.5 Å². The van der Waals surface area contributed by atoms with Crippen LogP contribution in [0.3, 0.4) is 0 Å². The minimum Gasteiger partial charge on any atom is -0.493 e. The number of likely N-dealkylation sites (tertiary alicyclic amines) is 1. The van der Waals surface area contributed by atoms with Crippen LogP contribution in [0.5, 0.6) is 11.5 Å². The Hall–Kier alpha value is -2.39. The van der Waals surface area contributed by atoms with Crippen LogP contribution < -0.4 is 14.8 Å². The predicted octanol–water partition coefficient (Wildman–Crippen LogP) is 2.28. The van der Waals surface area contributed by atoms with Gasteiger partial charge in [-0.2, -0.15) is 0 Å². The molecule has 1 N–H and O–H groups in total. The van der Waals surface area contributed by atoms with E-state index in [0.29, 0.717) is 24.1 Å². The zero-order chi connectivity index (χ0) is 18.8. The van der Waals surface area contributed by atoms with E-state index in [2.05, 4.69) is 21.1 Å². The van der Waals surface area contributed by atoms with E-state index in [1.54, 1.807) is 7.11 Å². The summed E-state index contributed by atoms with van der Waals surface area (Å²) in [5.74, 6) is 4.70. The third kappa shape index (κ3) is 5.57. The number of guanidine groups is 1.